The zero-order valence-corrected chi connectivity index (χ0v) is 14.7. The zero-order chi connectivity index (χ0) is 16.6. The molecule has 2 aliphatic heterocycles. The SMILES string of the molecule is O=S(=O)(N[C@@H]1CCCN(c2cc(N3CCCC3)ncn2)C1)C1CC1. The number of hydrogen-bond acceptors (Lipinski definition) is 6. The summed E-state index contributed by atoms with van der Waals surface area (Å²) in [6, 6.07) is 2.03. The van der Waals surface area contributed by atoms with Gasteiger partial charge in [-0.05, 0) is 38.5 Å². The molecule has 0 radical (unpaired) electrons. The Hall–Kier alpha value is -1.41. The van der Waals surface area contributed by atoms with Crippen LogP contribution in [0, 0.1) is 0 Å². The Kier molecular flexibility index (Phi) is 4.34. The van der Waals surface area contributed by atoms with E-state index in [-0.39, 0.29) is 11.3 Å². The summed E-state index contributed by atoms with van der Waals surface area (Å²) in [4.78, 5) is 13.3. The molecule has 3 heterocycles. The molecule has 132 valence electrons. The molecule has 3 aliphatic rings. The molecule has 0 bridgehead atoms. The van der Waals surface area contributed by atoms with E-state index in [1.54, 1.807) is 6.33 Å². The number of nitrogens with zero attached hydrogens (tertiary/aromatic N) is 4. The lowest BCUT2D eigenvalue weighted by molar-refractivity contribution is 0.463. The highest BCUT2D eigenvalue weighted by atomic mass is 32.2. The van der Waals surface area contributed by atoms with Crippen LogP contribution in [-0.4, -0.2) is 55.9 Å². The van der Waals surface area contributed by atoms with Gasteiger partial charge in [0.1, 0.15) is 18.0 Å². The summed E-state index contributed by atoms with van der Waals surface area (Å²) < 4.78 is 27.2. The standard InChI is InChI=1S/C16H25N5O2S/c22-24(23,14-5-6-14)19-13-4-3-9-21(11-13)16-10-15(17-12-18-16)20-7-1-2-8-20/h10,12-14,19H,1-9,11H2/t13-/m1/s1. The number of anilines is 2. The number of aromatic nitrogens is 2. The van der Waals surface area contributed by atoms with E-state index in [2.05, 4.69) is 24.5 Å². The fraction of sp³-hybridized carbons (Fsp3) is 0.750. The summed E-state index contributed by atoms with van der Waals surface area (Å²) in [6.45, 7) is 3.71. The van der Waals surface area contributed by atoms with Crippen LogP contribution in [0.15, 0.2) is 12.4 Å². The molecule has 1 aromatic heterocycles. The van der Waals surface area contributed by atoms with Crippen LogP contribution in [-0.2, 0) is 10.0 Å². The summed E-state index contributed by atoms with van der Waals surface area (Å²) in [5.41, 5.74) is 0. The second-order valence-corrected chi connectivity index (χ2v) is 9.07. The van der Waals surface area contributed by atoms with Gasteiger partial charge in [0.25, 0.3) is 0 Å². The fourth-order valence-electron chi connectivity index (χ4n) is 3.62. The molecule has 1 N–H and O–H groups in total. The van der Waals surface area contributed by atoms with E-state index in [1.807, 2.05) is 6.07 Å². The monoisotopic (exact) mass is 351 g/mol. The first-order valence-electron chi connectivity index (χ1n) is 8.95. The van der Waals surface area contributed by atoms with Crippen molar-refractivity contribution in [2.75, 3.05) is 36.0 Å². The van der Waals surface area contributed by atoms with Gasteiger partial charge in [-0.2, -0.15) is 0 Å². The van der Waals surface area contributed by atoms with E-state index in [0.29, 0.717) is 6.54 Å². The van der Waals surface area contributed by atoms with Crippen LogP contribution in [0.25, 0.3) is 0 Å². The number of piperidine rings is 1. The van der Waals surface area contributed by atoms with Crippen molar-refractivity contribution in [3.05, 3.63) is 12.4 Å². The molecule has 8 heteroatoms. The van der Waals surface area contributed by atoms with Crippen molar-refractivity contribution < 1.29 is 8.42 Å². The van der Waals surface area contributed by atoms with Crippen LogP contribution in [0.1, 0.15) is 38.5 Å². The minimum Gasteiger partial charge on any atom is -0.356 e. The maximum atomic E-state index is 12.2. The van der Waals surface area contributed by atoms with Gasteiger partial charge in [0.15, 0.2) is 0 Å². The first-order chi connectivity index (χ1) is 11.6. The topological polar surface area (TPSA) is 78.4 Å². The molecule has 1 aliphatic carbocycles. The first-order valence-corrected chi connectivity index (χ1v) is 10.5. The summed E-state index contributed by atoms with van der Waals surface area (Å²) >= 11 is 0. The number of hydrogen-bond donors (Lipinski definition) is 1. The number of sulfonamides is 1. The highest BCUT2D eigenvalue weighted by Crippen LogP contribution is 2.29. The number of rotatable bonds is 5. The molecule has 3 fully saturated rings. The number of nitrogens with one attached hydrogen (secondary N) is 1. The normalized spacial score (nSPS) is 25.2. The highest BCUT2D eigenvalue weighted by molar-refractivity contribution is 7.90. The van der Waals surface area contributed by atoms with Gasteiger partial charge in [-0.25, -0.2) is 23.1 Å². The molecule has 0 spiro atoms. The molecule has 0 unspecified atom stereocenters. The average Bonchev–Trinajstić information content (AvgIpc) is 3.32. The largest absolute Gasteiger partial charge is 0.356 e. The second-order valence-electron chi connectivity index (χ2n) is 7.08. The Bertz CT molecular complexity index is 685. The van der Waals surface area contributed by atoms with Crippen molar-refractivity contribution in [3.63, 3.8) is 0 Å². The Labute approximate surface area is 143 Å². The molecule has 7 nitrogen and oxygen atoms in total. The maximum absolute atomic E-state index is 12.2. The van der Waals surface area contributed by atoms with Gasteiger partial charge in [0, 0.05) is 38.3 Å². The van der Waals surface area contributed by atoms with E-state index >= 15 is 0 Å². The summed E-state index contributed by atoms with van der Waals surface area (Å²) in [5.74, 6) is 1.89. The molecule has 0 aromatic carbocycles. The second kappa shape index (κ2) is 6.48. The van der Waals surface area contributed by atoms with Gasteiger partial charge in [-0.3, -0.25) is 0 Å². The van der Waals surface area contributed by atoms with Gasteiger partial charge in [0.05, 0.1) is 5.25 Å². The molecule has 1 atom stereocenters. The summed E-state index contributed by atoms with van der Waals surface area (Å²) in [5, 5.41) is -0.159. The smallest absolute Gasteiger partial charge is 0.214 e. The third kappa shape index (κ3) is 3.49. The quantitative estimate of drug-likeness (QED) is 0.857. The first kappa shape index (κ1) is 16.1. The lowest BCUT2D eigenvalue weighted by Crippen LogP contribution is -2.48. The Morgan fingerprint density at radius 3 is 2.33 bits per heavy atom. The minimum atomic E-state index is -3.13. The van der Waals surface area contributed by atoms with Crippen LogP contribution in [0.2, 0.25) is 0 Å². The van der Waals surface area contributed by atoms with Gasteiger partial charge in [-0.15, -0.1) is 0 Å². The van der Waals surface area contributed by atoms with Gasteiger partial charge in [-0.1, -0.05) is 0 Å². The molecular formula is C16H25N5O2S. The van der Waals surface area contributed by atoms with Crippen LogP contribution >= 0.6 is 0 Å². The van der Waals surface area contributed by atoms with Crippen molar-refractivity contribution in [1.29, 1.82) is 0 Å². The zero-order valence-electron chi connectivity index (χ0n) is 13.9. The third-order valence-corrected chi connectivity index (χ3v) is 7.12. The average molecular weight is 351 g/mol. The lowest BCUT2D eigenvalue weighted by Gasteiger charge is -2.34. The Balaban J connectivity index is 1.44. The summed E-state index contributed by atoms with van der Waals surface area (Å²) in [6.07, 6.45) is 7.53. The predicted octanol–water partition coefficient (Wildman–Crippen LogP) is 1.13. The van der Waals surface area contributed by atoms with Crippen molar-refractivity contribution in [3.8, 4) is 0 Å². The van der Waals surface area contributed by atoms with Gasteiger partial charge < -0.3 is 9.80 Å². The molecular weight excluding hydrogens is 326 g/mol. The molecule has 24 heavy (non-hydrogen) atoms. The fourth-order valence-corrected chi connectivity index (χ4v) is 5.22. The van der Waals surface area contributed by atoms with E-state index in [4.69, 9.17) is 0 Å². The Morgan fingerprint density at radius 1 is 0.958 bits per heavy atom. The molecule has 1 aromatic rings. The molecule has 2 saturated heterocycles. The third-order valence-electron chi connectivity index (χ3n) is 5.11. The lowest BCUT2D eigenvalue weighted by atomic mass is 10.1. The minimum absolute atomic E-state index is 0.0189. The highest BCUT2D eigenvalue weighted by Gasteiger charge is 2.37. The van der Waals surface area contributed by atoms with E-state index in [0.717, 1.165) is 57.0 Å². The van der Waals surface area contributed by atoms with Crippen LogP contribution < -0.4 is 14.5 Å². The van der Waals surface area contributed by atoms with E-state index < -0.39 is 10.0 Å². The van der Waals surface area contributed by atoms with Crippen LogP contribution in [0.3, 0.4) is 0 Å². The van der Waals surface area contributed by atoms with Crippen molar-refractivity contribution >= 4 is 21.7 Å². The Morgan fingerprint density at radius 2 is 1.62 bits per heavy atom. The van der Waals surface area contributed by atoms with Gasteiger partial charge in [0.2, 0.25) is 10.0 Å². The van der Waals surface area contributed by atoms with Gasteiger partial charge >= 0.3 is 0 Å². The summed E-state index contributed by atoms with van der Waals surface area (Å²) in [7, 11) is -3.13. The van der Waals surface area contributed by atoms with Crippen LogP contribution in [0.4, 0.5) is 11.6 Å². The van der Waals surface area contributed by atoms with Crippen LogP contribution in [0.5, 0.6) is 0 Å². The van der Waals surface area contributed by atoms with Crippen molar-refractivity contribution in [2.24, 2.45) is 0 Å². The van der Waals surface area contributed by atoms with E-state index in [9.17, 15) is 8.42 Å². The molecule has 4 rings (SSSR count). The molecule has 0 amide bonds. The van der Waals surface area contributed by atoms with Crippen molar-refractivity contribution in [2.45, 2.75) is 49.8 Å². The van der Waals surface area contributed by atoms with E-state index in [1.165, 1.54) is 12.8 Å². The predicted molar refractivity (Wildman–Crippen MR) is 93.8 cm³/mol. The molecule has 1 saturated carbocycles. The maximum Gasteiger partial charge on any atom is 0.214 e. The van der Waals surface area contributed by atoms with Crippen molar-refractivity contribution in [1.82, 2.24) is 14.7 Å².